The Labute approximate surface area is 83.6 Å². The van der Waals surface area contributed by atoms with Gasteiger partial charge in [0.2, 0.25) is 5.91 Å². The van der Waals surface area contributed by atoms with Crippen LogP contribution in [0, 0.1) is 5.92 Å². The summed E-state index contributed by atoms with van der Waals surface area (Å²) >= 11 is 4.90. The molecule has 0 aromatic rings. The Morgan fingerprint density at radius 1 is 1.62 bits per heavy atom. The van der Waals surface area contributed by atoms with E-state index in [1.54, 1.807) is 6.08 Å². The molecule has 0 atom stereocenters. The number of carbonyl (C=O) groups is 1. The van der Waals surface area contributed by atoms with Crippen LogP contribution < -0.4 is 10.6 Å². The molecule has 0 saturated heterocycles. The molecule has 0 unspecified atom stereocenters. The normalized spacial score (nSPS) is 15.7. The van der Waals surface area contributed by atoms with E-state index in [-0.39, 0.29) is 11.8 Å². The molecule has 0 heterocycles. The first-order valence-electron chi connectivity index (χ1n) is 4.43. The molecule has 72 valence electrons. The predicted octanol–water partition coefficient (Wildman–Crippen LogP) is 0.963. The summed E-state index contributed by atoms with van der Waals surface area (Å²) in [6.07, 6.45) is 4.85. The van der Waals surface area contributed by atoms with Gasteiger partial charge in [-0.1, -0.05) is 12.5 Å². The molecule has 1 rings (SSSR count). The molecule has 0 spiro atoms. The second-order valence-electron chi connectivity index (χ2n) is 3.12. The van der Waals surface area contributed by atoms with Gasteiger partial charge < -0.3 is 10.6 Å². The van der Waals surface area contributed by atoms with Crippen LogP contribution in [0.25, 0.3) is 0 Å². The van der Waals surface area contributed by atoms with E-state index in [1.165, 1.54) is 0 Å². The molecule has 0 radical (unpaired) electrons. The van der Waals surface area contributed by atoms with Crippen LogP contribution in [0.5, 0.6) is 0 Å². The summed E-state index contributed by atoms with van der Waals surface area (Å²) in [5.41, 5.74) is 0. The highest BCUT2D eigenvalue weighted by Crippen LogP contribution is 2.25. The molecule has 0 aromatic carbocycles. The summed E-state index contributed by atoms with van der Waals surface area (Å²) in [4.78, 5) is 11.3. The number of hydrogen-bond donors (Lipinski definition) is 2. The van der Waals surface area contributed by atoms with Gasteiger partial charge in [0.15, 0.2) is 5.11 Å². The zero-order valence-electron chi connectivity index (χ0n) is 7.51. The summed E-state index contributed by atoms with van der Waals surface area (Å²) in [6.45, 7) is 4.13. The maximum absolute atomic E-state index is 11.3. The third-order valence-corrected chi connectivity index (χ3v) is 2.37. The number of rotatable bonds is 3. The molecule has 1 aliphatic carbocycles. The minimum absolute atomic E-state index is 0.0489. The number of thiocarbonyl (C=S) groups is 1. The number of nitrogens with one attached hydrogen (secondary N) is 2. The Hall–Kier alpha value is -0.900. The van der Waals surface area contributed by atoms with Crippen LogP contribution in [0.4, 0.5) is 0 Å². The molecular formula is C9H14N2OS. The topological polar surface area (TPSA) is 41.1 Å². The van der Waals surface area contributed by atoms with E-state index in [1.807, 2.05) is 0 Å². The van der Waals surface area contributed by atoms with Gasteiger partial charge in [-0.15, -0.1) is 6.58 Å². The first-order chi connectivity index (χ1) is 6.24. The second kappa shape index (κ2) is 4.97. The van der Waals surface area contributed by atoms with E-state index in [9.17, 15) is 4.79 Å². The van der Waals surface area contributed by atoms with Gasteiger partial charge in [0, 0.05) is 12.5 Å². The van der Waals surface area contributed by atoms with Crippen LogP contribution in [0.2, 0.25) is 0 Å². The molecular weight excluding hydrogens is 184 g/mol. The number of amides is 1. The summed E-state index contributed by atoms with van der Waals surface area (Å²) in [5, 5.41) is 5.90. The SMILES string of the molecule is C=CCNC(=S)NC(=O)C1CCC1. The van der Waals surface area contributed by atoms with Crippen molar-refractivity contribution in [3.05, 3.63) is 12.7 Å². The Morgan fingerprint density at radius 3 is 2.77 bits per heavy atom. The fourth-order valence-corrected chi connectivity index (χ4v) is 1.28. The van der Waals surface area contributed by atoms with Gasteiger partial charge in [0.1, 0.15) is 0 Å². The summed E-state index contributed by atoms with van der Waals surface area (Å²) < 4.78 is 0. The van der Waals surface area contributed by atoms with Crippen molar-refractivity contribution in [2.75, 3.05) is 6.54 Å². The van der Waals surface area contributed by atoms with Gasteiger partial charge in [-0.3, -0.25) is 4.79 Å². The van der Waals surface area contributed by atoms with E-state index in [4.69, 9.17) is 12.2 Å². The molecule has 0 aromatic heterocycles. The van der Waals surface area contributed by atoms with Crippen LogP contribution in [-0.4, -0.2) is 17.6 Å². The maximum Gasteiger partial charge on any atom is 0.229 e. The minimum atomic E-state index is 0.0489. The van der Waals surface area contributed by atoms with Crippen molar-refractivity contribution in [3.63, 3.8) is 0 Å². The smallest absolute Gasteiger partial charge is 0.229 e. The van der Waals surface area contributed by atoms with Crippen molar-refractivity contribution in [2.45, 2.75) is 19.3 Å². The Kier molecular flexibility index (Phi) is 3.89. The first-order valence-corrected chi connectivity index (χ1v) is 4.84. The molecule has 13 heavy (non-hydrogen) atoms. The lowest BCUT2D eigenvalue weighted by Crippen LogP contribution is -2.43. The molecule has 0 aliphatic heterocycles. The third-order valence-electron chi connectivity index (χ3n) is 2.12. The van der Waals surface area contributed by atoms with Crippen molar-refractivity contribution in [2.24, 2.45) is 5.92 Å². The average molecular weight is 198 g/mol. The summed E-state index contributed by atoms with van der Waals surface area (Å²) in [7, 11) is 0. The van der Waals surface area contributed by atoms with Crippen LogP contribution >= 0.6 is 12.2 Å². The second-order valence-corrected chi connectivity index (χ2v) is 3.52. The fraction of sp³-hybridized carbons (Fsp3) is 0.556. The molecule has 1 saturated carbocycles. The van der Waals surface area contributed by atoms with E-state index >= 15 is 0 Å². The zero-order chi connectivity index (χ0) is 9.68. The van der Waals surface area contributed by atoms with Gasteiger partial charge in [0.05, 0.1) is 0 Å². The van der Waals surface area contributed by atoms with E-state index in [2.05, 4.69) is 17.2 Å². The summed E-state index contributed by atoms with van der Waals surface area (Å²) in [5.74, 6) is 0.233. The minimum Gasteiger partial charge on any atom is -0.359 e. The van der Waals surface area contributed by atoms with Crippen LogP contribution in [0.15, 0.2) is 12.7 Å². The van der Waals surface area contributed by atoms with E-state index in [0.29, 0.717) is 11.7 Å². The van der Waals surface area contributed by atoms with Crippen molar-refractivity contribution in [1.82, 2.24) is 10.6 Å². The molecule has 4 heteroatoms. The zero-order valence-corrected chi connectivity index (χ0v) is 8.32. The number of carbonyl (C=O) groups excluding carboxylic acids is 1. The highest BCUT2D eigenvalue weighted by Gasteiger charge is 2.25. The quantitative estimate of drug-likeness (QED) is 0.524. The molecule has 1 amide bonds. The highest BCUT2D eigenvalue weighted by molar-refractivity contribution is 7.80. The standard InChI is InChI=1S/C9H14N2OS/c1-2-6-10-9(13)11-8(12)7-4-3-5-7/h2,7H,1,3-6H2,(H2,10,11,12,13). The lowest BCUT2D eigenvalue weighted by atomic mass is 9.85. The van der Waals surface area contributed by atoms with Gasteiger partial charge in [0.25, 0.3) is 0 Å². The monoisotopic (exact) mass is 198 g/mol. The molecule has 0 bridgehead atoms. The Bertz CT molecular complexity index is 224. The lowest BCUT2D eigenvalue weighted by molar-refractivity contribution is -0.125. The average Bonchev–Trinajstić information content (AvgIpc) is 1.97. The Morgan fingerprint density at radius 2 is 2.31 bits per heavy atom. The van der Waals surface area contributed by atoms with Crippen molar-refractivity contribution in [1.29, 1.82) is 0 Å². The van der Waals surface area contributed by atoms with Gasteiger partial charge in [-0.25, -0.2) is 0 Å². The predicted molar refractivity (Wildman–Crippen MR) is 56.3 cm³/mol. The fourth-order valence-electron chi connectivity index (χ4n) is 1.09. The van der Waals surface area contributed by atoms with Crippen LogP contribution in [0.3, 0.4) is 0 Å². The number of hydrogen-bond acceptors (Lipinski definition) is 2. The Balaban J connectivity index is 2.18. The molecule has 1 fully saturated rings. The third kappa shape index (κ3) is 3.14. The maximum atomic E-state index is 11.3. The van der Waals surface area contributed by atoms with E-state index < -0.39 is 0 Å². The molecule has 1 aliphatic rings. The van der Waals surface area contributed by atoms with Gasteiger partial charge in [-0.2, -0.15) is 0 Å². The summed E-state index contributed by atoms with van der Waals surface area (Å²) in [6, 6.07) is 0. The molecule has 3 nitrogen and oxygen atoms in total. The van der Waals surface area contributed by atoms with E-state index in [0.717, 1.165) is 19.3 Å². The van der Waals surface area contributed by atoms with Crippen molar-refractivity contribution >= 4 is 23.2 Å². The largest absolute Gasteiger partial charge is 0.359 e. The van der Waals surface area contributed by atoms with Crippen LogP contribution in [-0.2, 0) is 4.79 Å². The van der Waals surface area contributed by atoms with Crippen LogP contribution in [0.1, 0.15) is 19.3 Å². The first kappa shape index (κ1) is 10.2. The van der Waals surface area contributed by atoms with Gasteiger partial charge in [-0.05, 0) is 25.1 Å². The lowest BCUT2D eigenvalue weighted by Gasteiger charge is -2.24. The van der Waals surface area contributed by atoms with Crippen molar-refractivity contribution < 1.29 is 4.79 Å². The van der Waals surface area contributed by atoms with Gasteiger partial charge >= 0.3 is 0 Å². The highest BCUT2D eigenvalue weighted by atomic mass is 32.1. The molecule has 2 N–H and O–H groups in total. The van der Waals surface area contributed by atoms with Crippen molar-refractivity contribution in [3.8, 4) is 0 Å².